The Labute approximate surface area is 64.5 Å². The molecule has 0 unspecified atom stereocenters. The lowest BCUT2D eigenvalue weighted by Crippen LogP contribution is -2.31. The number of benzene rings is 1. The summed E-state index contributed by atoms with van der Waals surface area (Å²) in [5.41, 5.74) is 0.00694. The minimum Gasteiger partial charge on any atom is -0.423 e. The third-order valence-electron chi connectivity index (χ3n) is 1.24. The number of aryl methyl sites for hydroxylation is 1. The van der Waals surface area contributed by atoms with Gasteiger partial charge in [0.15, 0.2) is 0 Å². The third kappa shape index (κ3) is 1.37. The Bertz CT molecular complexity index is 298. The molecule has 0 spiro atoms. The first-order valence-corrected chi connectivity index (χ1v) is 2.88. The van der Waals surface area contributed by atoms with E-state index in [1.807, 2.05) is 0 Å². The summed E-state index contributed by atoms with van der Waals surface area (Å²) in [5.74, 6) is 0. The summed E-state index contributed by atoms with van der Waals surface area (Å²) in [5, 5.41) is 17.7. The van der Waals surface area contributed by atoms with Crippen molar-refractivity contribution in [1.82, 2.24) is 0 Å². The molecule has 52 valence electrons. The molecular weight excluding hydrogens is 127 g/mol. The molecule has 0 aliphatic carbocycles. The maximum atomic E-state index is 8.87. The molecule has 0 radical (unpaired) electrons. The van der Waals surface area contributed by atoms with Crippen LogP contribution in [0.3, 0.4) is 0 Å². The average molecular weight is 139 g/mol. The van der Waals surface area contributed by atoms with E-state index in [0.29, 0.717) is 0 Å². The van der Waals surface area contributed by atoms with Gasteiger partial charge in [0.2, 0.25) is 0 Å². The van der Waals surface area contributed by atoms with E-state index in [9.17, 15) is 0 Å². The van der Waals surface area contributed by atoms with Gasteiger partial charge in [-0.15, -0.1) is 0 Å². The van der Waals surface area contributed by atoms with Gasteiger partial charge in [0.25, 0.3) is 0 Å². The largest absolute Gasteiger partial charge is 0.488 e. The minimum absolute atomic E-state index is 0.0231. The van der Waals surface area contributed by atoms with Crippen molar-refractivity contribution in [1.29, 1.82) is 0 Å². The highest BCUT2D eigenvalue weighted by Gasteiger charge is 2.11. The van der Waals surface area contributed by atoms with Crippen LogP contribution >= 0.6 is 0 Å². The topological polar surface area (TPSA) is 40.5 Å². The van der Waals surface area contributed by atoms with Crippen LogP contribution in [-0.2, 0) is 0 Å². The zero-order valence-corrected chi connectivity index (χ0v) is 5.28. The van der Waals surface area contributed by atoms with E-state index in [2.05, 4.69) is 0 Å². The molecule has 0 saturated carbocycles. The van der Waals surface area contributed by atoms with Gasteiger partial charge >= 0.3 is 7.12 Å². The van der Waals surface area contributed by atoms with Crippen LogP contribution in [-0.4, -0.2) is 17.2 Å². The number of rotatable bonds is 1. The van der Waals surface area contributed by atoms with E-state index >= 15 is 0 Å². The second-order valence-electron chi connectivity index (χ2n) is 1.96. The summed E-state index contributed by atoms with van der Waals surface area (Å²) in [7, 11) is -1.74. The second-order valence-corrected chi connectivity index (χ2v) is 1.96. The predicted octanol–water partition coefficient (Wildman–Crippen LogP) is -0.325. The van der Waals surface area contributed by atoms with Crippen molar-refractivity contribution in [2.75, 3.05) is 0 Å². The summed E-state index contributed by atoms with van der Waals surface area (Å²) in [6.07, 6.45) is 0. The Hall–Kier alpha value is -0.795. The molecule has 0 aliphatic rings. The molecule has 0 bridgehead atoms. The van der Waals surface area contributed by atoms with Crippen LogP contribution in [0.1, 0.15) is 9.68 Å². The second kappa shape index (κ2) is 2.86. The first-order chi connectivity index (χ1) is 5.93. The Kier molecular flexibility index (Phi) is 1.19. The summed E-state index contributed by atoms with van der Waals surface area (Å²) in [6.45, 7) is -2.31. The van der Waals surface area contributed by atoms with E-state index in [1.165, 1.54) is 12.1 Å². The zero-order chi connectivity index (χ0) is 10.1. The highest BCUT2D eigenvalue weighted by molar-refractivity contribution is 6.59. The van der Waals surface area contributed by atoms with Gasteiger partial charge in [-0.1, -0.05) is 29.8 Å². The SMILES string of the molecule is [2H]C([2H])([2H])c1ccccc1B(O)O. The maximum absolute atomic E-state index is 8.87. The molecule has 0 heterocycles. The molecule has 0 saturated heterocycles. The van der Waals surface area contributed by atoms with Gasteiger partial charge in [0.1, 0.15) is 0 Å². The Balaban J connectivity index is 3.20. The van der Waals surface area contributed by atoms with Gasteiger partial charge in [-0.05, 0) is 12.3 Å². The lowest BCUT2D eigenvalue weighted by molar-refractivity contribution is 0.425. The van der Waals surface area contributed by atoms with Crippen molar-refractivity contribution in [3.63, 3.8) is 0 Å². The standard InChI is InChI=1S/C7H9BO2/c1-6-4-2-3-5-7(6)8(9)10/h2-5,9-10H,1H3/i1D3. The van der Waals surface area contributed by atoms with E-state index in [-0.39, 0.29) is 11.0 Å². The van der Waals surface area contributed by atoms with Crippen LogP contribution in [0.4, 0.5) is 0 Å². The highest BCUT2D eigenvalue weighted by atomic mass is 16.4. The van der Waals surface area contributed by atoms with Gasteiger partial charge in [-0.25, -0.2) is 0 Å². The van der Waals surface area contributed by atoms with E-state index in [1.54, 1.807) is 12.1 Å². The fraction of sp³-hybridized carbons (Fsp3) is 0.143. The monoisotopic (exact) mass is 139 g/mol. The third-order valence-corrected chi connectivity index (χ3v) is 1.24. The molecule has 0 fully saturated rings. The summed E-state index contributed by atoms with van der Waals surface area (Å²) in [6, 6.07) is 5.85. The average Bonchev–Trinajstić information content (AvgIpc) is 2.03. The highest BCUT2D eigenvalue weighted by Crippen LogP contribution is 1.92. The smallest absolute Gasteiger partial charge is 0.423 e. The molecule has 1 aromatic carbocycles. The number of hydrogen-bond acceptors (Lipinski definition) is 2. The maximum Gasteiger partial charge on any atom is 0.488 e. The first kappa shape index (κ1) is 4.16. The summed E-state index contributed by atoms with van der Waals surface area (Å²) >= 11 is 0. The van der Waals surface area contributed by atoms with Gasteiger partial charge in [0, 0.05) is 4.11 Å². The van der Waals surface area contributed by atoms with E-state index in [4.69, 9.17) is 14.2 Å². The quantitative estimate of drug-likeness (QED) is 0.523. The van der Waals surface area contributed by atoms with Crippen LogP contribution in [0, 0.1) is 6.85 Å². The lowest BCUT2D eigenvalue weighted by Gasteiger charge is -2.01. The molecule has 0 atom stereocenters. The van der Waals surface area contributed by atoms with Crippen LogP contribution in [0.5, 0.6) is 0 Å². The van der Waals surface area contributed by atoms with Crippen LogP contribution in [0.15, 0.2) is 24.3 Å². The first-order valence-electron chi connectivity index (χ1n) is 4.38. The molecule has 10 heavy (non-hydrogen) atoms. The zero-order valence-electron chi connectivity index (χ0n) is 8.28. The van der Waals surface area contributed by atoms with Crippen molar-refractivity contribution in [3.8, 4) is 0 Å². The van der Waals surface area contributed by atoms with Gasteiger partial charge in [-0.3, -0.25) is 0 Å². The predicted molar refractivity (Wildman–Crippen MR) is 41.0 cm³/mol. The van der Waals surface area contributed by atoms with Gasteiger partial charge < -0.3 is 10.0 Å². The van der Waals surface area contributed by atoms with Gasteiger partial charge in [0.05, 0.1) is 0 Å². The Morgan fingerprint density at radius 1 is 1.40 bits per heavy atom. The molecule has 2 nitrogen and oxygen atoms in total. The van der Waals surface area contributed by atoms with Gasteiger partial charge in [-0.2, -0.15) is 0 Å². The van der Waals surface area contributed by atoms with E-state index in [0.717, 1.165) is 0 Å². The fourth-order valence-corrected chi connectivity index (χ4v) is 0.722. The van der Waals surface area contributed by atoms with Crippen LogP contribution < -0.4 is 5.46 Å². The van der Waals surface area contributed by atoms with Crippen molar-refractivity contribution in [2.45, 2.75) is 6.85 Å². The molecular formula is C7H9BO2. The van der Waals surface area contributed by atoms with E-state index < -0.39 is 14.0 Å². The Morgan fingerprint density at radius 2 is 2.10 bits per heavy atom. The van der Waals surface area contributed by atoms with Crippen molar-refractivity contribution in [2.24, 2.45) is 0 Å². The fourth-order valence-electron chi connectivity index (χ4n) is 0.722. The molecule has 0 aliphatic heterocycles. The normalized spacial score (nSPS) is 15.2. The van der Waals surface area contributed by atoms with Crippen LogP contribution in [0.2, 0.25) is 0 Å². The number of hydrogen-bond donors (Lipinski definition) is 2. The Morgan fingerprint density at radius 3 is 2.60 bits per heavy atom. The minimum atomic E-state index is -2.31. The molecule has 2 N–H and O–H groups in total. The van der Waals surface area contributed by atoms with Crippen molar-refractivity contribution >= 4 is 12.6 Å². The molecule has 1 aromatic rings. The van der Waals surface area contributed by atoms with Crippen molar-refractivity contribution in [3.05, 3.63) is 29.8 Å². The summed E-state index contributed by atoms with van der Waals surface area (Å²) in [4.78, 5) is 0. The molecule has 3 heteroatoms. The summed E-state index contributed by atoms with van der Waals surface area (Å²) < 4.78 is 21.4. The van der Waals surface area contributed by atoms with Crippen molar-refractivity contribution < 1.29 is 14.2 Å². The van der Waals surface area contributed by atoms with Crippen LogP contribution in [0.25, 0.3) is 0 Å². The lowest BCUT2D eigenvalue weighted by atomic mass is 9.77. The molecule has 0 aromatic heterocycles. The molecule has 1 rings (SSSR count). The molecule has 0 amide bonds.